The number of ether oxygens (including phenoxy) is 3. The fourth-order valence-electron chi connectivity index (χ4n) is 6.51. The Kier molecular flexibility index (Phi) is 8.03. The second-order valence-corrected chi connectivity index (χ2v) is 10.9. The summed E-state index contributed by atoms with van der Waals surface area (Å²) in [6.45, 7) is 8.50. The monoisotopic (exact) mass is 527 g/mol. The molecule has 206 valence electrons. The van der Waals surface area contributed by atoms with Crippen molar-refractivity contribution in [2.24, 2.45) is 0 Å². The molecule has 0 unspecified atom stereocenters. The molecule has 2 aromatic heterocycles. The quantitative estimate of drug-likeness (QED) is 0.249. The molecule has 6 rings (SSSR count). The Labute approximate surface area is 231 Å². The molecule has 39 heavy (non-hydrogen) atoms. The van der Waals surface area contributed by atoms with Gasteiger partial charge >= 0.3 is 0 Å². The lowest BCUT2D eigenvalue weighted by Crippen LogP contribution is -2.08. The lowest BCUT2D eigenvalue weighted by atomic mass is 9.91. The number of aromatic amines is 1. The summed E-state index contributed by atoms with van der Waals surface area (Å²) in [6, 6.07) is 13.3. The zero-order valence-corrected chi connectivity index (χ0v) is 23.5. The molecular formula is C33H41N3O3. The Morgan fingerprint density at radius 3 is 2.87 bits per heavy atom. The van der Waals surface area contributed by atoms with E-state index < -0.39 is 0 Å². The second kappa shape index (κ2) is 12.0. The molecule has 4 aromatic rings. The Morgan fingerprint density at radius 1 is 1.05 bits per heavy atom. The van der Waals surface area contributed by atoms with Crippen molar-refractivity contribution in [2.45, 2.75) is 85.0 Å². The summed E-state index contributed by atoms with van der Waals surface area (Å²) in [5, 5.41) is 9.27. The van der Waals surface area contributed by atoms with Crippen molar-refractivity contribution < 1.29 is 14.2 Å². The highest BCUT2D eigenvalue weighted by Crippen LogP contribution is 2.38. The van der Waals surface area contributed by atoms with Gasteiger partial charge in [-0.25, -0.2) is 0 Å². The van der Waals surface area contributed by atoms with Gasteiger partial charge in [-0.1, -0.05) is 30.3 Å². The second-order valence-electron chi connectivity index (χ2n) is 10.9. The molecule has 1 N–H and O–H groups in total. The molecule has 0 amide bonds. The van der Waals surface area contributed by atoms with Crippen molar-refractivity contribution in [2.75, 3.05) is 19.8 Å². The van der Waals surface area contributed by atoms with Crippen LogP contribution >= 0.6 is 0 Å². The maximum absolute atomic E-state index is 6.38. The highest BCUT2D eigenvalue weighted by Gasteiger charge is 2.23. The van der Waals surface area contributed by atoms with E-state index in [0.29, 0.717) is 19.8 Å². The standard InChI is InChI=1S/C33H41N3O3/c1-3-37-21-29-32-28-15-9-14-27-25(16-10-20-39-31-17-8-12-24-11-4-5-13-26(24)31)23(2)36(33(27)28)18-6-7-19-38-22-30(32)35-34-29/h8-9,12,14-15,17H,3-7,10-11,13,16,18-22H2,1-2H3,(H,34,35). The fourth-order valence-corrected chi connectivity index (χ4v) is 6.51. The van der Waals surface area contributed by atoms with Gasteiger partial charge in [0.2, 0.25) is 0 Å². The third kappa shape index (κ3) is 5.24. The Bertz CT molecular complexity index is 1420. The Balaban J connectivity index is 1.31. The van der Waals surface area contributed by atoms with Crippen LogP contribution in [0.2, 0.25) is 0 Å². The zero-order chi connectivity index (χ0) is 26.6. The molecule has 0 fully saturated rings. The van der Waals surface area contributed by atoms with E-state index in [1.54, 1.807) is 0 Å². The summed E-state index contributed by atoms with van der Waals surface area (Å²) in [6.07, 6.45) is 9.03. The molecule has 0 radical (unpaired) electrons. The lowest BCUT2D eigenvalue weighted by molar-refractivity contribution is 0.114. The van der Waals surface area contributed by atoms with E-state index in [2.05, 4.69) is 58.1 Å². The number of nitrogens with zero attached hydrogens (tertiary/aromatic N) is 2. The molecule has 2 aliphatic rings. The molecule has 6 nitrogen and oxygen atoms in total. The summed E-state index contributed by atoms with van der Waals surface area (Å²) in [5.41, 5.74) is 11.4. The van der Waals surface area contributed by atoms with E-state index >= 15 is 0 Å². The van der Waals surface area contributed by atoms with Crippen LogP contribution in [0.3, 0.4) is 0 Å². The molecular weight excluding hydrogens is 486 g/mol. The van der Waals surface area contributed by atoms with Crippen molar-refractivity contribution in [3.63, 3.8) is 0 Å². The molecule has 0 atom stereocenters. The van der Waals surface area contributed by atoms with Crippen molar-refractivity contribution in [1.29, 1.82) is 0 Å². The minimum Gasteiger partial charge on any atom is -0.493 e. The van der Waals surface area contributed by atoms with Crippen LogP contribution < -0.4 is 4.74 Å². The molecule has 0 saturated heterocycles. The summed E-state index contributed by atoms with van der Waals surface area (Å²) < 4.78 is 20.8. The van der Waals surface area contributed by atoms with E-state index in [1.165, 1.54) is 58.1 Å². The van der Waals surface area contributed by atoms with Gasteiger partial charge in [-0.15, -0.1) is 0 Å². The van der Waals surface area contributed by atoms with Crippen LogP contribution in [0.15, 0.2) is 36.4 Å². The van der Waals surface area contributed by atoms with Crippen molar-refractivity contribution in [1.82, 2.24) is 14.8 Å². The van der Waals surface area contributed by atoms with Gasteiger partial charge < -0.3 is 18.8 Å². The molecule has 0 saturated carbocycles. The third-order valence-electron chi connectivity index (χ3n) is 8.45. The number of para-hydroxylation sites is 1. The third-order valence-corrected chi connectivity index (χ3v) is 8.45. The zero-order valence-electron chi connectivity index (χ0n) is 23.5. The average molecular weight is 528 g/mol. The van der Waals surface area contributed by atoms with Crippen molar-refractivity contribution >= 4 is 10.9 Å². The first-order valence-corrected chi connectivity index (χ1v) is 14.8. The number of fused-ring (bicyclic) bond motifs is 3. The van der Waals surface area contributed by atoms with Gasteiger partial charge in [-0.3, -0.25) is 5.10 Å². The number of aromatic nitrogens is 3. The molecule has 1 aliphatic carbocycles. The van der Waals surface area contributed by atoms with E-state index in [4.69, 9.17) is 14.2 Å². The maximum Gasteiger partial charge on any atom is 0.122 e. The van der Waals surface area contributed by atoms with Crippen LogP contribution in [-0.2, 0) is 48.5 Å². The number of hydrogen-bond donors (Lipinski definition) is 1. The molecule has 6 heteroatoms. The van der Waals surface area contributed by atoms with Crippen molar-refractivity contribution in [3.8, 4) is 16.9 Å². The maximum atomic E-state index is 6.38. The SMILES string of the molecule is CCOCc1n[nH]c2c1-c1cccc3c(CCCOc4cccc5c4CCCC5)c(C)n(c13)CCCCOC2. The highest BCUT2D eigenvalue weighted by molar-refractivity contribution is 5.98. The first-order valence-electron chi connectivity index (χ1n) is 14.8. The van der Waals surface area contributed by atoms with Crippen LogP contribution in [0, 0.1) is 6.92 Å². The van der Waals surface area contributed by atoms with Crippen LogP contribution in [0.25, 0.3) is 22.0 Å². The van der Waals surface area contributed by atoms with Gasteiger partial charge in [0.1, 0.15) is 5.75 Å². The van der Waals surface area contributed by atoms with Gasteiger partial charge in [-0.2, -0.15) is 5.10 Å². The fraction of sp³-hybridized carbons (Fsp3) is 0.485. The predicted octanol–water partition coefficient (Wildman–Crippen LogP) is 7.08. The molecule has 1 aliphatic heterocycles. The summed E-state index contributed by atoms with van der Waals surface area (Å²) in [5.74, 6) is 1.10. The Morgan fingerprint density at radius 2 is 1.95 bits per heavy atom. The summed E-state index contributed by atoms with van der Waals surface area (Å²) in [4.78, 5) is 0. The first kappa shape index (κ1) is 26.1. The molecule has 0 bridgehead atoms. The van der Waals surface area contributed by atoms with Gasteiger partial charge in [0.25, 0.3) is 0 Å². The number of H-pyrrole nitrogens is 1. The van der Waals surface area contributed by atoms with Gasteiger partial charge in [0.05, 0.1) is 36.7 Å². The van der Waals surface area contributed by atoms with Crippen molar-refractivity contribution in [3.05, 3.63) is 70.2 Å². The average Bonchev–Trinajstić information content (AvgIpc) is 3.48. The van der Waals surface area contributed by atoms with Gasteiger partial charge in [0.15, 0.2) is 0 Å². The molecule has 3 heterocycles. The van der Waals surface area contributed by atoms with E-state index in [0.717, 1.165) is 74.6 Å². The minimum absolute atomic E-state index is 0.492. The van der Waals surface area contributed by atoms with E-state index in [1.807, 2.05) is 6.92 Å². The number of hydrogen-bond acceptors (Lipinski definition) is 4. The van der Waals surface area contributed by atoms with Crippen LogP contribution in [0.1, 0.15) is 72.8 Å². The number of nitrogens with one attached hydrogen (secondary N) is 1. The van der Waals surface area contributed by atoms with Crippen LogP contribution in [0.5, 0.6) is 5.75 Å². The van der Waals surface area contributed by atoms with Gasteiger partial charge in [0, 0.05) is 42.0 Å². The topological polar surface area (TPSA) is 61.3 Å². The largest absolute Gasteiger partial charge is 0.493 e. The van der Waals surface area contributed by atoms with E-state index in [9.17, 15) is 0 Å². The minimum atomic E-state index is 0.492. The molecule has 0 spiro atoms. The predicted molar refractivity (Wildman–Crippen MR) is 155 cm³/mol. The first-order chi connectivity index (χ1) is 19.3. The lowest BCUT2D eigenvalue weighted by Gasteiger charge is -2.19. The molecule has 2 aromatic carbocycles. The number of rotatable bonds is 8. The Hall–Kier alpha value is -3.09. The van der Waals surface area contributed by atoms with Crippen LogP contribution in [0.4, 0.5) is 0 Å². The number of aryl methyl sites for hydroxylation is 3. The summed E-state index contributed by atoms with van der Waals surface area (Å²) >= 11 is 0. The van der Waals surface area contributed by atoms with E-state index in [-0.39, 0.29) is 0 Å². The number of benzene rings is 2. The summed E-state index contributed by atoms with van der Waals surface area (Å²) in [7, 11) is 0. The highest BCUT2D eigenvalue weighted by atomic mass is 16.5. The van der Waals surface area contributed by atoms with Crippen LogP contribution in [-0.4, -0.2) is 34.6 Å². The van der Waals surface area contributed by atoms with Gasteiger partial charge in [-0.05, 0) is 88.0 Å². The normalized spacial score (nSPS) is 15.5. The smallest absolute Gasteiger partial charge is 0.122 e.